The number of nitrogens with zero attached hydrogens (tertiary/aromatic N) is 1. The summed E-state index contributed by atoms with van der Waals surface area (Å²) in [6.45, 7) is 1.34. The van der Waals surface area contributed by atoms with Gasteiger partial charge in [0.2, 0.25) is 0 Å². The van der Waals surface area contributed by atoms with Gasteiger partial charge in [-0.25, -0.2) is 4.79 Å². The van der Waals surface area contributed by atoms with Crippen LogP contribution in [0.1, 0.15) is 25.7 Å². The Morgan fingerprint density at radius 1 is 1.40 bits per heavy atom. The number of aldehydes is 1. The normalized spacial score (nSPS) is 31.3. The molecule has 1 saturated heterocycles. The summed E-state index contributed by atoms with van der Waals surface area (Å²) < 4.78 is 0. The molecule has 1 N–H and O–H groups in total. The van der Waals surface area contributed by atoms with Gasteiger partial charge < -0.3 is 14.8 Å². The highest BCUT2D eigenvalue weighted by Gasteiger charge is 2.43. The topological polar surface area (TPSA) is 57.6 Å². The molecular weight excluding hydrogens is 194 g/mol. The molecule has 2 aliphatic rings. The van der Waals surface area contributed by atoms with Crippen LogP contribution in [0.3, 0.4) is 0 Å². The van der Waals surface area contributed by atoms with Crippen molar-refractivity contribution in [2.45, 2.75) is 25.7 Å². The third kappa shape index (κ3) is 2.30. The molecule has 2 rings (SSSR count). The van der Waals surface area contributed by atoms with Gasteiger partial charge in [-0.3, -0.25) is 0 Å². The van der Waals surface area contributed by atoms with Crippen molar-refractivity contribution in [3.63, 3.8) is 0 Å². The van der Waals surface area contributed by atoms with Crippen LogP contribution in [0.5, 0.6) is 0 Å². The van der Waals surface area contributed by atoms with Gasteiger partial charge in [-0.05, 0) is 37.0 Å². The molecule has 4 heteroatoms. The van der Waals surface area contributed by atoms with Crippen LogP contribution in [0.15, 0.2) is 0 Å². The van der Waals surface area contributed by atoms with Crippen molar-refractivity contribution in [2.24, 2.45) is 17.8 Å². The number of rotatable bonds is 3. The zero-order valence-corrected chi connectivity index (χ0v) is 8.76. The van der Waals surface area contributed by atoms with Crippen molar-refractivity contribution >= 4 is 12.4 Å². The molecule has 1 aliphatic carbocycles. The Morgan fingerprint density at radius 3 is 2.60 bits per heavy atom. The third-order valence-electron chi connectivity index (χ3n) is 3.79. The summed E-state index contributed by atoms with van der Waals surface area (Å²) in [6.07, 6.45) is 4.05. The summed E-state index contributed by atoms with van der Waals surface area (Å²) in [6, 6.07) is 0. The number of hydrogen-bond donors (Lipinski definition) is 1. The van der Waals surface area contributed by atoms with E-state index in [1.807, 2.05) is 0 Å². The standard InChI is InChI=1S/C11H17NO3/c13-6-3-9-7-10(9)8-1-4-12(5-2-8)11(14)15/h6,8-10H,1-5,7H2,(H,14,15)/t9-,10+/m0/s1. The van der Waals surface area contributed by atoms with E-state index in [1.54, 1.807) is 0 Å². The van der Waals surface area contributed by atoms with Gasteiger partial charge >= 0.3 is 6.09 Å². The van der Waals surface area contributed by atoms with E-state index in [1.165, 1.54) is 11.3 Å². The van der Waals surface area contributed by atoms with Crippen molar-refractivity contribution in [2.75, 3.05) is 13.1 Å². The van der Waals surface area contributed by atoms with E-state index in [2.05, 4.69) is 0 Å². The first-order valence-corrected chi connectivity index (χ1v) is 5.64. The number of likely N-dealkylation sites (tertiary alicyclic amines) is 1. The van der Waals surface area contributed by atoms with Crippen LogP contribution in [0.25, 0.3) is 0 Å². The average Bonchev–Trinajstić information content (AvgIpc) is 2.98. The van der Waals surface area contributed by atoms with Gasteiger partial charge in [0, 0.05) is 19.5 Å². The highest BCUT2D eigenvalue weighted by atomic mass is 16.4. The molecule has 1 heterocycles. The summed E-state index contributed by atoms with van der Waals surface area (Å²) in [5.74, 6) is 1.96. The molecule has 0 radical (unpaired) electrons. The number of carboxylic acid groups (broad SMARTS) is 1. The number of piperidine rings is 1. The Hall–Kier alpha value is -1.06. The quantitative estimate of drug-likeness (QED) is 0.721. The van der Waals surface area contributed by atoms with Gasteiger partial charge in [0.25, 0.3) is 0 Å². The second-order valence-corrected chi connectivity index (χ2v) is 4.67. The molecule has 0 aromatic carbocycles. The number of carbonyl (C=O) groups excluding carboxylic acids is 1. The molecule has 2 atom stereocenters. The summed E-state index contributed by atoms with van der Waals surface area (Å²) in [5, 5.41) is 8.79. The third-order valence-corrected chi connectivity index (χ3v) is 3.79. The second kappa shape index (κ2) is 4.21. The zero-order valence-electron chi connectivity index (χ0n) is 8.76. The minimum atomic E-state index is -0.798. The maximum absolute atomic E-state index is 10.7. The van der Waals surface area contributed by atoms with Crippen LogP contribution >= 0.6 is 0 Å². The van der Waals surface area contributed by atoms with Crippen molar-refractivity contribution in [3.8, 4) is 0 Å². The predicted molar refractivity (Wildman–Crippen MR) is 54.6 cm³/mol. The Bertz CT molecular complexity index is 259. The fraction of sp³-hybridized carbons (Fsp3) is 0.818. The van der Waals surface area contributed by atoms with E-state index in [-0.39, 0.29) is 0 Å². The van der Waals surface area contributed by atoms with Crippen LogP contribution in [0.4, 0.5) is 4.79 Å². The molecule has 1 aliphatic heterocycles. The number of carbonyl (C=O) groups is 2. The van der Waals surface area contributed by atoms with E-state index in [4.69, 9.17) is 5.11 Å². The lowest BCUT2D eigenvalue weighted by Crippen LogP contribution is -2.38. The van der Waals surface area contributed by atoms with Crippen molar-refractivity contribution in [3.05, 3.63) is 0 Å². The Morgan fingerprint density at radius 2 is 2.07 bits per heavy atom. The molecule has 1 amide bonds. The molecule has 0 bridgehead atoms. The summed E-state index contributed by atoms with van der Waals surface area (Å²) >= 11 is 0. The van der Waals surface area contributed by atoms with E-state index >= 15 is 0 Å². The van der Waals surface area contributed by atoms with E-state index in [0.717, 1.165) is 19.1 Å². The van der Waals surface area contributed by atoms with Crippen LogP contribution < -0.4 is 0 Å². The number of hydrogen-bond acceptors (Lipinski definition) is 2. The molecule has 0 spiro atoms. The monoisotopic (exact) mass is 211 g/mol. The lowest BCUT2D eigenvalue weighted by atomic mass is 9.91. The van der Waals surface area contributed by atoms with Crippen molar-refractivity contribution in [1.29, 1.82) is 0 Å². The fourth-order valence-electron chi connectivity index (χ4n) is 2.76. The maximum atomic E-state index is 10.7. The molecule has 1 saturated carbocycles. The molecule has 4 nitrogen and oxygen atoms in total. The van der Waals surface area contributed by atoms with Crippen LogP contribution in [-0.4, -0.2) is 35.5 Å². The first kappa shape index (κ1) is 10.5. The SMILES string of the molecule is O=CC[C@H]1C[C@@H]1C1CCN(C(=O)O)CC1. The van der Waals surface area contributed by atoms with E-state index in [0.29, 0.717) is 37.3 Å². The summed E-state index contributed by atoms with van der Waals surface area (Å²) in [5.41, 5.74) is 0. The minimum absolute atomic E-state index is 0.601. The average molecular weight is 211 g/mol. The van der Waals surface area contributed by atoms with Gasteiger partial charge in [-0.15, -0.1) is 0 Å². The molecular formula is C11H17NO3. The molecule has 2 fully saturated rings. The summed E-state index contributed by atoms with van der Waals surface area (Å²) in [7, 11) is 0. The Balaban J connectivity index is 1.75. The minimum Gasteiger partial charge on any atom is -0.465 e. The van der Waals surface area contributed by atoms with Gasteiger partial charge in [0.05, 0.1) is 0 Å². The van der Waals surface area contributed by atoms with Gasteiger partial charge in [-0.2, -0.15) is 0 Å². The Kier molecular flexibility index (Phi) is 2.93. The maximum Gasteiger partial charge on any atom is 0.407 e. The van der Waals surface area contributed by atoms with E-state index < -0.39 is 6.09 Å². The van der Waals surface area contributed by atoms with E-state index in [9.17, 15) is 9.59 Å². The van der Waals surface area contributed by atoms with Crippen molar-refractivity contribution in [1.82, 2.24) is 4.90 Å². The highest BCUT2D eigenvalue weighted by Crippen LogP contribution is 2.49. The van der Waals surface area contributed by atoms with Crippen molar-refractivity contribution < 1.29 is 14.7 Å². The highest BCUT2D eigenvalue weighted by molar-refractivity contribution is 5.65. The molecule has 15 heavy (non-hydrogen) atoms. The lowest BCUT2D eigenvalue weighted by molar-refractivity contribution is -0.108. The van der Waals surface area contributed by atoms with Crippen LogP contribution in [-0.2, 0) is 4.79 Å². The first-order chi connectivity index (χ1) is 7.22. The Labute approximate surface area is 89.3 Å². The number of amides is 1. The van der Waals surface area contributed by atoms with Crippen LogP contribution in [0, 0.1) is 17.8 Å². The molecule has 84 valence electrons. The largest absolute Gasteiger partial charge is 0.465 e. The van der Waals surface area contributed by atoms with Gasteiger partial charge in [0.15, 0.2) is 0 Å². The summed E-state index contributed by atoms with van der Waals surface area (Å²) in [4.78, 5) is 22.5. The molecule has 0 unspecified atom stereocenters. The first-order valence-electron chi connectivity index (χ1n) is 5.64. The predicted octanol–water partition coefficient (Wildman–Crippen LogP) is 1.60. The molecule has 0 aromatic rings. The molecule has 0 aromatic heterocycles. The zero-order chi connectivity index (χ0) is 10.8. The van der Waals surface area contributed by atoms with Gasteiger partial charge in [-0.1, -0.05) is 0 Å². The van der Waals surface area contributed by atoms with Crippen LogP contribution in [0.2, 0.25) is 0 Å². The smallest absolute Gasteiger partial charge is 0.407 e. The fourth-order valence-corrected chi connectivity index (χ4v) is 2.76. The second-order valence-electron chi connectivity index (χ2n) is 4.67. The lowest BCUT2D eigenvalue weighted by Gasteiger charge is -2.30. The van der Waals surface area contributed by atoms with Gasteiger partial charge in [0.1, 0.15) is 6.29 Å².